The van der Waals surface area contributed by atoms with Gasteiger partial charge in [-0.15, -0.1) is 5.10 Å². The van der Waals surface area contributed by atoms with Crippen molar-refractivity contribution < 1.29 is 9.90 Å². The molecule has 132 valence electrons. The number of nitrogens with zero attached hydrogens (tertiary/aromatic N) is 2. The molecule has 4 N–H and O–H groups in total. The number of carbonyl (C=O) groups is 1. The third kappa shape index (κ3) is 3.97. The SMILES string of the molecule is CC(N)=N/N=C(\C)c1ccc(NC(=O)C2=Cc3cc(O)ccc3C2)cc1. The number of fused-ring (bicyclic) bond motifs is 1. The fourth-order valence-electron chi connectivity index (χ4n) is 2.69. The molecule has 0 atom stereocenters. The number of amidine groups is 1. The first-order valence-corrected chi connectivity index (χ1v) is 8.21. The molecule has 6 nitrogen and oxygen atoms in total. The first-order chi connectivity index (χ1) is 12.4. The summed E-state index contributed by atoms with van der Waals surface area (Å²) in [5.74, 6) is 0.443. The lowest BCUT2D eigenvalue weighted by molar-refractivity contribution is -0.112. The van der Waals surface area contributed by atoms with E-state index in [0.29, 0.717) is 23.5 Å². The first kappa shape index (κ1) is 17.4. The summed E-state index contributed by atoms with van der Waals surface area (Å²) in [6.07, 6.45) is 2.37. The highest BCUT2D eigenvalue weighted by Crippen LogP contribution is 2.28. The molecule has 3 rings (SSSR count). The van der Waals surface area contributed by atoms with Crippen molar-refractivity contribution in [3.63, 3.8) is 0 Å². The van der Waals surface area contributed by atoms with Gasteiger partial charge in [0.1, 0.15) is 11.6 Å². The van der Waals surface area contributed by atoms with Crippen LogP contribution in [0.1, 0.15) is 30.5 Å². The minimum absolute atomic E-state index is 0.151. The number of rotatable bonds is 4. The normalized spacial score (nSPS) is 14.0. The monoisotopic (exact) mass is 348 g/mol. The lowest BCUT2D eigenvalue weighted by atomic mass is 10.1. The van der Waals surface area contributed by atoms with Crippen molar-refractivity contribution in [1.29, 1.82) is 0 Å². The van der Waals surface area contributed by atoms with Crippen LogP contribution in [0.4, 0.5) is 5.69 Å². The smallest absolute Gasteiger partial charge is 0.251 e. The average Bonchev–Trinajstić information content (AvgIpc) is 3.03. The number of phenols is 1. The lowest BCUT2D eigenvalue weighted by Crippen LogP contribution is -2.14. The summed E-state index contributed by atoms with van der Waals surface area (Å²) in [6, 6.07) is 12.5. The molecule has 0 aliphatic heterocycles. The van der Waals surface area contributed by atoms with E-state index in [2.05, 4.69) is 15.5 Å². The third-order valence-electron chi connectivity index (χ3n) is 4.05. The Kier molecular flexibility index (Phi) is 4.84. The fourth-order valence-corrected chi connectivity index (χ4v) is 2.69. The predicted molar refractivity (Wildman–Crippen MR) is 104 cm³/mol. The van der Waals surface area contributed by atoms with Crippen LogP contribution in [-0.4, -0.2) is 22.6 Å². The fraction of sp³-hybridized carbons (Fsp3) is 0.150. The summed E-state index contributed by atoms with van der Waals surface area (Å²) in [4.78, 5) is 12.5. The Hall–Kier alpha value is -3.41. The molecule has 1 amide bonds. The minimum atomic E-state index is -0.151. The number of anilines is 1. The second kappa shape index (κ2) is 7.23. The topological polar surface area (TPSA) is 100 Å². The maximum atomic E-state index is 12.5. The van der Waals surface area contributed by atoms with Gasteiger partial charge in [0, 0.05) is 17.7 Å². The van der Waals surface area contributed by atoms with Crippen LogP contribution < -0.4 is 11.1 Å². The molecule has 0 aromatic heterocycles. The Morgan fingerprint density at radius 2 is 1.85 bits per heavy atom. The van der Waals surface area contributed by atoms with E-state index in [1.54, 1.807) is 19.1 Å². The largest absolute Gasteiger partial charge is 0.508 e. The number of benzene rings is 2. The summed E-state index contributed by atoms with van der Waals surface area (Å²) in [5, 5.41) is 20.3. The van der Waals surface area contributed by atoms with Crippen molar-refractivity contribution >= 4 is 29.2 Å². The average molecular weight is 348 g/mol. The Morgan fingerprint density at radius 1 is 1.12 bits per heavy atom. The Balaban J connectivity index is 1.68. The Morgan fingerprint density at radius 3 is 2.54 bits per heavy atom. The zero-order chi connectivity index (χ0) is 18.7. The molecule has 1 aliphatic rings. The summed E-state index contributed by atoms with van der Waals surface area (Å²) in [5.41, 5.74) is 10.4. The van der Waals surface area contributed by atoms with Crippen LogP contribution in [0.2, 0.25) is 0 Å². The molecular weight excluding hydrogens is 328 g/mol. The van der Waals surface area contributed by atoms with Gasteiger partial charge in [0.15, 0.2) is 0 Å². The molecule has 2 aromatic rings. The summed E-state index contributed by atoms with van der Waals surface area (Å²) in [6.45, 7) is 3.52. The number of phenolic OH excluding ortho intramolecular Hbond substituents is 1. The number of hydrogen-bond acceptors (Lipinski definition) is 4. The molecule has 26 heavy (non-hydrogen) atoms. The zero-order valence-corrected chi connectivity index (χ0v) is 14.7. The molecule has 0 unspecified atom stereocenters. The second-order valence-electron chi connectivity index (χ2n) is 6.19. The number of nitrogens with one attached hydrogen (secondary N) is 1. The van der Waals surface area contributed by atoms with Gasteiger partial charge < -0.3 is 16.2 Å². The van der Waals surface area contributed by atoms with Crippen LogP contribution in [0.5, 0.6) is 5.75 Å². The first-order valence-electron chi connectivity index (χ1n) is 8.21. The molecule has 6 heteroatoms. The number of amides is 1. The van der Waals surface area contributed by atoms with E-state index < -0.39 is 0 Å². The number of carbonyl (C=O) groups excluding carboxylic acids is 1. The Bertz CT molecular complexity index is 937. The van der Waals surface area contributed by atoms with Gasteiger partial charge in [-0.1, -0.05) is 18.2 Å². The van der Waals surface area contributed by atoms with Gasteiger partial charge in [-0.2, -0.15) is 5.10 Å². The molecule has 0 heterocycles. The van der Waals surface area contributed by atoms with Crippen molar-refractivity contribution in [3.05, 3.63) is 64.7 Å². The molecule has 0 radical (unpaired) electrons. The zero-order valence-electron chi connectivity index (χ0n) is 14.7. The maximum Gasteiger partial charge on any atom is 0.251 e. The van der Waals surface area contributed by atoms with Crippen LogP contribution in [0.3, 0.4) is 0 Å². The van der Waals surface area contributed by atoms with E-state index in [1.165, 1.54) is 0 Å². The van der Waals surface area contributed by atoms with Crippen molar-refractivity contribution in [3.8, 4) is 5.75 Å². The molecule has 0 saturated heterocycles. The van der Waals surface area contributed by atoms with Crippen molar-refractivity contribution in [2.75, 3.05) is 5.32 Å². The van der Waals surface area contributed by atoms with Gasteiger partial charge in [-0.25, -0.2) is 0 Å². The summed E-state index contributed by atoms with van der Waals surface area (Å²) >= 11 is 0. The second-order valence-corrected chi connectivity index (χ2v) is 6.19. The van der Waals surface area contributed by atoms with Crippen LogP contribution >= 0.6 is 0 Å². The summed E-state index contributed by atoms with van der Waals surface area (Å²) in [7, 11) is 0. The van der Waals surface area contributed by atoms with E-state index in [-0.39, 0.29) is 11.7 Å². The molecule has 1 aliphatic carbocycles. The maximum absolute atomic E-state index is 12.5. The molecule has 0 bridgehead atoms. The summed E-state index contributed by atoms with van der Waals surface area (Å²) < 4.78 is 0. The van der Waals surface area contributed by atoms with E-state index in [4.69, 9.17) is 5.73 Å². The van der Waals surface area contributed by atoms with Crippen molar-refractivity contribution in [2.24, 2.45) is 15.9 Å². The van der Waals surface area contributed by atoms with Crippen molar-refractivity contribution in [1.82, 2.24) is 0 Å². The molecular formula is C20H20N4O2. The number of hydrogen-bond donors (Lipinski definition) is 3. The van der Waals surface area contributed by atoms with Crippen LogP contribution in [-0.2, 0) is 11.2 Å². The van der Waals surface area contributed by atoms with Crippen LogP contribution in [0, 0.1) is 0 Å². The highest BCUT2D eigenvalue weighted by molar-refractivity contribution is 6.08. The quantitative estimate of drug-likeness (QED) is 0.450. The van der Waals surface area contributed by atoms with Gasteiger partial charge in [-0.05, 0) is 60.9 Å². The molecule has 0 saturated carbocycles. The van der Waals surface area contributed by atoms with E-state index in [1.807, 2.05) is 43.3 Å². The predicted octanol–water partition coefficient (Wildman–Crippen LogP) is 3.07. The van der Waals surface area contributed by atoms with Gasteiger partial charge >= 0.3 is 0 Å². The van der Waals surface area contributed by atoms with Gasteiger partial charge in [0.25, 0.3) is 5.91 Å². The van der Waals surface area contributed by atoms with E-state index >= 15 is 0 Å². The number of aromatic hydroxyl groups is 1. The van der Waals surface area contributed by atoms with Gasteiger partial charge in [0.2, 0.25) is 0 Å². The highest BCUT2D eigenvalue weighted by atomic mass is 16.3. The molecule has 0 spiro atoms. The van der Waals surface area contributed by atoms with E-state index in [9.17, 15) is 9.90 Å². The minimum Gasteiger partial charge on any atom is -0.508 e. The molecule has 0 fully saturated rings. The third-order valence-corrected chi connectivity index (χ3v) is 4.05. The highest BCUT2D eigenvalue weighted by Gasteiger charge is 2.19. The Labute approximate surface area is 151 Å². The van der Waals surface area contributed by atoms with Gasteiger partial charge in [-0.3, -0.25) is 4.79 Å². The lowest BCUT2D eigenvalue weighted by Gasteiger charge is -2.07. The van der Waals surface area contributed by atoms with E-state index in [0.717, 1.165) is 22.4 Å². The van der Waals surface area contributed by atoms with Crippen LogP contribution in [0.15, 0.2) is 58.2 Å². The van der Waals surface area contributed by atoms with Crippen molar-refractivity contribution in [2.45, 2.75) is 20.3 Å². The van der Waals surface area contributed by atoms with Crippen LogP contribution in [0.25, 0.3) is 6.08 Å². The standard InChI is InChI=1S/C20H20N4O2/c1-12(23-24-13(2)21)14-3-6-18(7-4-14)22-20(26)17-9-15-5-8-19(25)11-16(15)10-17/h3-8,10-11,25H,9H2,1-2H3,(H2,21,24)(H,22,26)/b23-12+. The van der Waals surface area contributed by atoms with Gasteiger partial charge in [0.05, 0.1) is 5.71 Å². The number of nitrogens with two attached hydrogens (primary N) is 1. The molecule has 2 aromatic carbocycles.